The molecule has 0 radical (unpaired) electrons. The van der Waals surface area contributed by atoms with Crippen LogP contribution in [-0.2, 0) is 11.3 Å². The Kier molecular flexibility index (Phi) is 5.02. The predicted molar refractivity (Wildman–Crippen MR) is 79.8 cm³/mol. The summed E-state index contributed by atoms with van der Waals surface area (Å²) in [6.07, 6.45) is -0.599. The van der Waals surface area contributed by atoms with Crippen molar-refractivity contribution in [2.24, 2.45) is 0 Å². The zero-order valence-electron chi connectivity index (χ0n) is 11.2. The Hall–Kier alpha value is -2.00. The van der Waals surface area contributed by atoms with Crippen molar-refractivity contribution >= 4 is 17.5 Å². The molecule has 0 saturated heterocycles. The molecule has 0 aliphatic rings. The number of carbonyl (C=O) groups is 1. The Morgan fingerprint density at radius 1 is 1.15 bits per heavy atom. The molecular formula is C16H16ClNO2. The average molecular weight is 290 g/mol. The van der Waals surface area contributed by atoms with Gasteiger partial charge in [0, 0.05) is 6.54 Å². The lowest BCUT2D eigenvalue weighted by Crippen LogP contribution is -2.35. The molecule has 0 aliphatic carbocycles. The molecular weight excluding hydrogens is 274 g/mol. The molecule has 0 heterocycles. The van der Waals surface area contributed by atoms with Crippen LogP contribution in [0, 0.1) is 0 Å². The van der Waals surface area contributed by atoms with Crippen molar-refractivity contribution in [3.05, 3.63) is 65.2 Å². The zero-order chi connectivity index (χ0) is 14.4. The molecule has 4 heteroatoms. The molecule has 0 saturated carbocycles. The number of rotatable bonds is 5. The van der Waals surface area contributed by atoms with E-state index in [-0.39, 0.29) is 5.91 Å². The van der Waals surface area contributed by atoms with E-state index in [1.165, 1.54) is 0 Å². The van der Waals surface area contributed by atoms with Crippen molar-refractivity contribution in [3.8, 4) is 5.75 Å². The van der Waals surface area contributed by atoms with Gasteiger partial charge in [0.1, 0.15) is 5.75 Å². The van der Waals surface area contributed by atoms with E-state index in [1.54, 1.807) is 19.1 Å². The van der Waals surface area contributed by atoms with Gasteiger partial charge < -0.3 is 10.1 Å². The second kappa shape index (κ2) is 6.96. The van der Waals surface area contributed by atoms with E-state index in [0.717, 1.165) is 5.56 Å². The van der Waals surface area contributed by atoms with E-state index in [0.29, 0.717) is 17.3 Å². The van der Waals surface area contributed by atoms with Crippen LogP contribution >= 0.6 is 11.6 Å². The standard InChI is InChI=1S/C16H16ClNO2/c1-12(20-15-10-6-5-9-14(15)17)16(19)18-11-13-7-3-2-4-8-13/h2-10,12H,11H2,1H3,(H,18,19)/t12-/m1/s1. The van der Waals surface area contributed by atoms with Gasteiger partial charge in [0.2, 0.25) is 0 Å². The number of benzene rings is 2. The second-order valence-electron chi connectivity index (χ2n) is 4.39. The molecule has 1 atom stereocenters. The highest BCUT2D eigenvalue weighted by Crippen LogP contribution is 2.24. The molecule has 1 amide bonds. The summed E-state index contributed by atoms with van der Waals surface area (Å²) < 4.78 is 5.55. The largest absolute Gasteiger partial charge is 0.479 e. The van der Waals surface area contributed by atoms with Crippen molar-refractivity contribution < 1.29 is 9.53 Å². The van der Waals surface area contributed by atoms with Gasteiger partial charge in [0.05, 0.1) is 5.02 Å². The highest BCUT2D eigenvalue weighted by atomic mass is 35.5. The Balaban J connectivity index is 1.88. The number of nitrogens with one attached hydrogen (secondary N) is 1. The summed E-state index contributed by atoms with van der Waals surface area (Å²) in [6.45, 7) is 2.18. The SMILES string of the molecule is C[C@@H](Oc1ccccc1Cl)C(=O)NCc1ccccc1. The number of carbonyl (C=O) groups excluding carboxylic acids is 1. The monoisotopic (exact) mass is 289 g/mol. The lowest BCUT2D eigenvalue weighted by molar-refractivity contribution is -0.127. The van der Waals surface area contributed by atoms with Gasteiger partial charge in [-0.2, -0.15) is 0 Å². The molecule has 2 aromatic rings. The highest BCUT2D eigenvalue weighted by Gasteiger charge is 2.15. The molecule has 1 N–H and O–H groups in total. The number of halogens is 1. The van der Waals surface area contributed by atoms with Gasteiger partial charge in [-0.15, -0.1) is 0 Å². The second-order valence-corrected chi connectivity index (χ2v) is 4.80. The van der Waals surface area contributed by atoms with E-state index in [2.05, 4.69) is 5.32 Å². The topological polar surface area (TPSA) is 38.3 Å². The van der Waals surface area contributed by atoms with E-state index in [1.807, 2.05) is 42.5 Å². The molecule has 0 aliphatic heterocycles. The van der Waals surface area contributed by atoms with Gasteiger partial charge in [-0.1, -0.05) is 54.1 Å². The first-order chi connectivity index (χ1) is 9.66. The Labute approximate surface area is 123 Å². The highest BCUT2D eigenvalue weighted by molar-refractivity contribution is 6.32. The normalized spacial score (nSPS) is 11.7. The number of ether oxygens (including phenoxy) is 1. The van der Waals surface area contributed by atoms with Crippen LogP contribution in [0.4, 0.5) is 0 Å². The maximum absolute atomic E-state index is 12.0. The van der Waals surface area contributed by atoms with Crippen molar-refractivity contribution in [3.63, 3.8) is 0 Å². The van der Waals surface area contributed by atoms with Crippen LogP contribution in [0.3, 0.4) is 0 Å². The summed E-state index contributed by atoms with van der Waals surface area (Å²) in [6, 6.07) is 16.8. The first-order valence-electron chi connectivity index (χ1n) is 6.39. The van der Waals surface area contributed by atoms with Crippen molar-refractivity contribution in [1.82, 2.24) is 5.32 Å². The third-order valence-corrected chi connectivity index (χ3v) is 3.13. The van der Waals surface area contributed by atoms with Gasteiger partial charge in [0.25, 0.3) is 5.91 Å². The molecule has 0 spiro atoms. The number of para-hydroxylation sites is 1. The average Bonchev–Trinajstić information content (AvgIpc) is 2.48. The van der Waals surface area contributed by atoms with Crippen LogP contribution in [0.25, 0.3) is 0 Å². The molecule has 0 unspecified atom stereocenters. The molecule has 2 rings (SSSR count). The lowest BCUT2D eigenvalue weighted by Gasteiger charge is -2.15. The molecule has 3 nitrogen and oxygen atoms in total. The zero-order valence-corrected chi connectivity index (χ0v) is 11.9. The van der Waals surface area contributed by atoms with Crippen LogP contribution in [0.15, 0.2) is 54.6 Å². The Morgan fingerprint density at radius 2 is 1.80 bits per heavy atom. The number of amides is 1. The van der Waals surface area contributed by atoms with Crippen molar-refractivity contribution in [2.45, 2.75) is 19.6 Å². The van der Waals surface area contributed by atoms with Gasteiger partial charge >= 0.3 is 0 Å². The van der Waals surface area contributed by atoms with Crippen molar-refractivity contribution in [2.75, 3.05) is 0 Å². The van der Waals surface area contributed by atoms with Gasteiger partial charge in [0.15, 0.2) is 6.10 Å². The maximum atomic E-state index is 12.0. The molecule has 2 aromatic carbocycles. The fourth-order valence-electron chi connectivity index (χ4n) is 1.71. The lowest BCUT2D eigenvalue weighted by atomic mass is 10.2. The smallest absolute Gasteiger partial charge is 0.261 e. The molecule has 20 heavy (non-hydrogen) atoms. The summed E-state index contributed by atoms with van der Waals surface area (Å²) in [5.74, 6) is 0.338. The number of hydrogen-bond donors (Lipinski definition) is 1. The van der Waals surface area contributed by atoms with Crippen LogP contribution in [-0.4, -0.2) is 12.0 Å². The summed E-state index contributed by atoms with van der Waals surface area (Å²) in [4.78, 5) is 12.0. The minimum absolute atomic E-state index is 0.172. The Bertz CT molecular complexity index is 572. The first kappa shape index (κ1) is 14.4. The van der Waals surface area contributed by atoms with Crippen LogP contribution in [0.2, 0.25) is 5.02 Å². The molecule has 0 aromatic heterocycles. The van der Waals surface area contributed by atoms with Gasteiger partial charge in [-0.25, -0.2) is 0 Å². The van der Waals surface area contributed by atoms with E-state index >= 15 is 0 Å². The van der Waals surface area contributed by atoms with E-state index in [4.69, 9.17) is 16.3 Å². The van der Waals surface area contributed by atoms with Crippen LogP contribution < -0.4 is 10.1 Å². The van der Waals surface area contributed by atoms with Crippen LogP contribution in [0.5, 0.6) is 5.75 Å². The third kappa shape index (κ3) is 4.00. The number of hydrogen-bond acceptors (Lipinski definition) is 2. The summed E-state index contributed by atoms with van der Waals surface area (Å²) in [5, 5.41) is 3.33. The molecule has 0 fully saturated rings. The Morgan fingerprint density at radius 3 is 2.50 bits per heavy atom. The first-order valence-corrected chi connectivity index (χ1v) is 6.77. The summed E-state index contributed by atoms with van der Waals surface area (Å²) in [5.41, 5.74) is 1.05. The molecule has 104 valence electrons. The van der Waals surface area contributed by atoms with E-state index < -0.39 is 6.10 Å². The van der Waals surface area contributed by atoms with E-state index in [9.17, 15) is 4.79 Å². The van der Waals surface area contributed by atoms with Crippen LogP contribution in [0.1, 0.15) is 12.5 Å². The quantitative estimate of drug-likeness (QED) is 0.916. The predicted octanol–water partition coefficient (Wildman–Crippen LogP) is 3.42. The minimum atomic E-state index is -0.599. The summed E-state index contributed by atoms with van der Waals surface area (Å²) >= 11 is 5.99. The fourth-order valence-corrected chi connectivity index (χ4v) is 1.89. The molecule has 0 bridgehead atoms. The minimum Gasteiger partial charge on any atom is -0.479 e. The van der Waals surface area contributed by atoms with Crippen molar-refractivity contribution in [1.29, 1.82) is 0 Å². The van der Waals surface area contributed by atoms with Gasteiger partial charge in [-0.3, -0.25) is 4.79 Å². The third-order valence-electron chi connectivity index (χ3n) is 2.82. The summed E-state index contributed by atoms with van der Waals surface area (Å²) in [7, 11) is 0. The van der Waals surface area contributed by atoms with Gasteiger partial charge in [-0.05, 0) is 24.6 Å². The fraction of sp³-hybridized carbons (Fsp3) is 0.188. The maximum Gasteiger partial charge on any atom is 0.261 e.